The average molecular weight is 777 g/mol. The maximum atomic E-state index is 12.6. The fourth-order valence-corrected chi connectivity index (χ4v) is 5.54. The number of phosphoric ester groups is 1. The summed E-state index contributed by atoms with van der Waals surface area (Å²) in [6, 6.07) is 0. The van der Waals surface area contributed by atoms with Gasteiger partial charge >= 0.3 is 19.8 Å². The molecule has 0 fully saturated rings. The quantitative estimate of drug-likeness (QED) is 0.0169. The molecule has 54 heavy (non-hydrogen) atoms. The SMILES string of the molecule is CC/C=C/C=C/C=C/C=C/CCCCCC(=O)OC(COC(=O)CCC/C=C/C/C=C/C/C=C/CCCCCCCC)COP(=O)(O)OCC[N+](C)(C)C. The third-order valence-corrected chi connectivity index (χ3v) is 8.99. The van der Waals surface area contributed by atoms with E-state index >= 15 is 0 Å². The van der Waals surface area contributed by atoms with E-state index in [1.54, 1.807) is 0 Å². The highest BCUT2D eigenvalue weighted by atomic mass is 31.2. The van der Waals surface area contributed by atoms with Crippen LogP contribution in [0.5, 0.6) is 0 Å². The minimum Gasteiger partial charge on any atom is -0.462 e. The van der Waals surface area contributed by atoms with Crippen molar-refractivity contribution in [2.45, 2.75) is 136 Å². The van der Waals surface area contributed by atoms with E-state index in [-0.39, 0.29) is 26.1 Å². The first-order chi connectivity index (χ1) is 26.0. The Kier molecular flexibility index (Phi) is 34.0. The van der Waals surface area contributed by atoms with Gasteiger partial charge in [0.15, 0.2) is 6.10 Å². The molecule has 308 valence electrons. The van der Waals surface area contributed by atoms with E-state index in [1.165, 1.54) is 38.5 Å². The highest BCUT2D eigenvalue weighted by molar-refractivity contribution is 7.47. The molecule has 9 nitrogen and oxygen atoms in total. The van der Waals surface area contributed by atoms with Crippen molar-refractivity contribution in [3.8, 4) is 0 Å². The van der Waals surface area contributed by atoms with Gasteiger partial charge in [0.1, 0.15) is 19.8 Å². The number of esters is 2. The van der Waals surface area contributed by atoms with E-state index in [9.17, 15) is 19.0 Å². The number of carbonyl (C=O) groups excluding carboxylic acids is 2. The van der Waals surface area contributed by atoms with Gasteiger partial charge in [-0.3, -0.25) is 18.6 Å². The van der Waals surface area contributed by atoms with Gasteiger partial charge in [-0.05, 0) is 64.2 Å². The van der Waals surface area contributed by atoms with E-state index in [1.807, 2.05) is 57.6 Å². The summed E-state index contributed by atoms with van der Waals surface area (Å²) in [5.41, 5.74) is 0. The van der Waals surface area contributed by atoms with Crippen molar-refractivity contribution < 1.29 is 42.1 Å². The van der Waals surface area contributed by atoms with Crippen molar-refractivity contribution in [3.63, 3.8) is 0 Å². The minimum atomic E-state index is -4.40. The molecule has 0 bridgehead atoms. The zero-order chi connectivity index (χ0) is 40.0. The number of ether oxygens (including phenoxy) is 2. The zero-order valence-corrected chi connectivity index (χ0v) is 35.3. The van der Waals surface area contributed by atoms with Gasteiger partial charge < -0.3 is 18.9 Å². The summed E-state index contributed by atoms with van der Waals surface area (Å²) in [6.07, 6.45) is 45.0. The first-order valence-corrected chi connectivity index (χ1v) is 21.9. The molecule has 0 heterocycles. The molecule has 0 aromatic heterocycles. The Labute approximate surface area is 329 Å². The Hall–Kier alpha value is -2.81. The largest absolute Gasteiger partial charge is 0.472 e. The molecule has 2 atom stereocenters. The van der Waals surface area contributed by atoms with Gasteiger partial charge in [0, 0.05) is 12.8 Å². The van der Waals surface area contributed by atoms with E-state index < -0.39 is 32.5 Å². The molecule has 0 aromatic carbocycles. The van der Waals surface area contributed by atoms with E-state index in [2.05, 4.69) is 62.5 Å². The number of carbonyl (C=O) groups is 2. The molecule has 0 aliphatic heterocycles. The molecule has 0 radical (unpaired) electrons. The average Bonchev–Trinajstić information content (AvgIpc) is 3.12. The smallest absolute Gasteiger partial charge is 0.462 e. The minimum absolute atomic E-state index is 0.0112. The monoisotopic (exact) mass is 777 g/mol. The first-order valence-electron chi connectivity index (χ1n) is 20.4. The predicted octanol–water partition coefficient (Wildman–Crippen LogP) is 11.2. The molecule has 0 aliphatic rings. The van der Waals surface area contributed by atoms with Gasteiger partial charge in [0.2, 0.25) is 0 Å². The number of allylic oxidation sites excluding steroid dienone is 14. The van der Waals surface area contributed by atoms with Crippen LogP contribution in [0.2, 0.25) is 0 Å². The number of quaternary nitrogens is 1. The normalized spacial score (nSPS) is 14.6. The Balaban J connectivity index is 4.56. The molecule has 0 saturated carbocycles. The van der Waals surface area contributed by atoms with Crippen molar-refractivity contribution in [2.24, 2.45) is 0 Å². The number of unbranched alkanes of at least 4 members (excludes halogenated alkanes) is 10. The summed E-state index contributed by atoms with van der Waals surface area (Å²) in [5, 5.41) is 0. The van der Waals surface area contributed by atoms with E-state index in [0.717, 1.165) is 51.4 Å². The number of likely N-dealkylation sites (N-methyl/N-ethyl adjacent to an activating group) is 1. The molecule has 1 N–H and O–H groups in total. The van der Waals surface area contributed by atoms with Crippen LogP contribution in [0.25, 0.3) is 0 Å². The fourth-order valence-electron chi connectivity index (χ4n) is 4.80. The molecule has 0 amide bonds. The number of hydrogen-bond acceptors (Lipinski definition) is 7. The van der Waals surface area contributed by atoms with Gasteiger partial charge in [0.05, 0.1) is 27.7 Å². The lowest BCUT2D eigenvalue weighted by Gasteiger charge is -2.24. The summed E-state index contributed by atoms with van der Waals surface area (Å²) in [7, 11) is 1.41. The van der Waals surface area contributed by atoms with E-state index in [4.69, 9.17) is 18.5 Å². The third kappa shape index (κ3) is 38.9. The van der Waals surface area contributed by atoms with Crippen LogP contribution >= 0.6 is 7.82 Å². The topological polar surface area (TPSA) is 108 Å². The van der Waals surface area contributed by atoms with Crippen molar-refractivity contribution in [3.05, 3.63) is 85.1 Å². The predicted molar refractivity (Wildman–Crippen MR) is 224 cm³/mol. The van der Waals surface area contributed by atoms with Crippen LogP contribution in [0.4, 0.5) is 0 Å². The summed E-state index contributed by atoms with van der Waals surface area (Å²) < 4.78 is 34.1. The van der Waals surface area contributed by atoms with Crippen LogP contribution < -0.4 is 0 Å². The van der Waals surface area contributed by atoms with Gasteiger partial charge in [-0.1, -0.05) is 137 Å². The second kappa shape index (κ2) is 35.9. The fraction of sp³-hybridized carbons (Fsp3) is 0.636. The number of nitrogens with zero attached hydrogens (tertiary/aromatic N) is 1. The Bertz CT molecular complexity index is 1200. The molecule has 0 spiro atoms. The highest BCUT2D eigenvalue weighted by Crippen LogP contribution is 2.43. The summed E-state index contributed by atoms with van der Waals surface area (Å²) in [5.74, 6) is -0.917. The Morgan fingerprint density at radius 1 is 0.611 bits per heavy atom. The molecular weight excluding hydrogens is 701 g/mol. The van der Waals surface area contributed by atoms with Crippen molar-refractivity contribution in [1.29, 1.82) is 0 Å². The van der Waals surface area contributed by atoms with Crippen LogP contribution in [0, 0.1) is 0 Å². The van der Waals surface area contributed by atoms with Crippen LogP contribution in [0.1, 0.15) is 129 Å². The van der Waals surface area contributed by atoms with E-state index in [0.29, 0.717) is 23.9 Å². The van der Waals surface area contributed by atoms with Gasteiger partial charge in [0.25, 0.3) is 0 Å². The lowest BCUT2D eigenvalue weighted by molar-refractivity contribution is -0.870. The first kappa shape index (κ1) is 51.2. The molecule has 10 heteroatoms. The Morgan fingerprint density at radius 2 is 1.15 bits per heavy atom. The summed E-state index contributed by atoms with van der Waals surface area (Å²) in [4.78, 5) is 35.2. The maximum absolute atomic E-state index is 12.6. The molecular formula is C44H75NO8P+. The number of phosphoric acid groups is 1. The highest BCUT2D eigenvalue weighted by Gasteiger charge is 2.27. The number of hydrogen-bond donors (Lipinski definition) is 1. The van der Waals surface area contributed by atoms with Crippen LogP contribution in [-0.4, -0.2) is 74.9 Å². The van der Waals surface area contributed by atoms with Crippen molar-refractivity contribution in [1.82, 2.24) is 0 Å². The summed E-state index contributed by atoms with van der Waals surface area (Å²) in [6.45, 7) is 4.13. The lowest BCUT2D eigenvalue weighted by Crippen LogP contribution is -2.37. The van der Waals surface area contributed by atoms with Gasteiger partial charge in [-0.15, -0.1) is 0 Å². The van der Waals surface area contributed by atoms with Gasteiger partial charge in [-0.2, -0.15) is 0 Å². The van der Waals surface area contributed by atoms with Gasteiger partial charge in [-0.25, -0.2) is 4.57 Å². The van der Waals surface area contributed by atoms with Crippen LogP contribution in [0.15, 0.2) is 85.1 Å². The lowest BCUT2D eigenvalue weighted by atomic mass is 10.1. The molecule has 0 aromatic rings. The second-order valence-electron chi connectivity index (χ2n) is 14.4. The maximum Gasteiger partial charge on any atom is 0.472 e. The second-order valence-corrected chi connectivity index (χ2v) is 15.8. The Morgan fingerprint density at radius 3 is 1.80 bits per heavy atom. The third-order valence-electron chi connectivity index (χ3n) is 8.00. The van der Waals surface area contributed by atoms with Crippen molar-refractivity contribution >= 4 is 19.8 Å². The standard InChI is InChI=1S/C44H74NO8P/c1-6-8-10-12-14-16-18-20-21-22-23-25-26-28-30-32-34-36-43(46)50-40-42(41-52-54(48,49)51-39-38-45(3,4)5)53-44(47)37-35-33-31-29-27-24-19-17-15-13-11-9-7-2/h9,11,13,15,17,19-21,23-25,27-28,30,42H,6-8,10,12,14,16,18,22,26,29,31-41H2,1-5H3/p+1/b11-9+,15-13+,19-17+,21-20+,25-23+,27-24+,30-28+. The summed E-state index contributed by atoms with van der Waals surface area (Å²) >= 11 is 0. The molecule has 0 aliphatic carbocycles. The molecule has 2 unspecified atom stereocenters. The number of rotatable bonds is 35. The molecule has 0 saturated heterocycles. The molecule has 0 rings (SSSR count). The van der Waals surface area contributed by atoms with Crippen LogP contribution in [-0.2, 0) is 32.7 Å². The zero-order valence-electron chi connectivity index (χ0n) is 34.4. The van der Waals surface area contributed by atoms with Crippen LogP contribution in [0.3, 0.4) is 0 Å². The van der Waals surface area contributed by atoms with Crippen molar-refractivity contribution in [2.75, 3.05) is 47.5 Å².